The number of fused-ring (bicyclic) bond motifs is 2. The predicted molar refractivity (Wildman–Crippen MR) is 70.7 cm³/mol. The van der Waals surface area contributed by atoms with E-state index in [9.17, 15) is 0 Å². The highest BCUT2D eigenvalue weighted by molar-refractivity contribution is 6.28. The molecule has 0 spiro atoms. The number of halogens is 1. The van der Waals surface area contributed by atoms with E-state index in [-0.39, 0.29) is 0 Å². The zero-order chi connectivity index (χ0) is 12.3. The molecule has 4 heteroatoms. The molecule has 1 heterocycles. The van der Waals surface area contributed by atoms with E-state index in [0.717, 1.165) is 23.6 Å². The number of rotatable bonds is 3. The Balaban J connectivity index is 1.64. The molecule has 1 aromatic rings. The van der Waals surface area contributed by atoms with E-state index in [0.29, 0.717) is 17.2 Å². The summed E-state index contributed by atoms with van der Waals surface area (Å²) in [6, 6.07) is 0.485. The van der Waals surface area contributed by atoms with Crippen LogP contribution < -0.4 is 0 Å². The molecule has 3 aliphatic carbocycles. The Labute approximate surface area is 113 Å². The predicted octanol–water partition coefficient (Wildman–Crippen LogP) is 3.81. The molecule has 4 atom stereocenters. The first-order valence-electron chi connectivity index (χ1n) is 7.34. The monoisotopic (exact) mass is 265 g/mol. The number of hydrogen-bond donors (Lipinski definition) is 0. The van der Waals surface area contributed by atoms with Gasteiger partial charge in [-0.3, -0.25) is 4.57 Å². The average Bonchev–Trinajstić information content (AvgIpc) is 2.84. The summed E-state index contributed by atoms with van der Waals surface area (Å²) in [5.41, 5.74) is 0. The van der Waals surface area contributed by atoms with Gasteiger partial charge in [0.2, 0.25) is 5.28 Å². The molecule has 3 nitrogen and oxygen atoms in total. The van der Waals surface area contributed by atoms with Crippen LogP contribution in [0, 0.1) is 17.8 Å². The summed E-state index contributed by atoms with van der Waals surface area (Å²) in [5, 5.41) is 9.03. The number of aromatic nitrogens is 3. The first-order chi connectivity index (χ1) is 8.74. The molecule has 3 saturated carbocycles. The largest absolute Gasteiger partial charge is 0.298 e. The Morgan fingerprint density at radius 2 is 2.00 bits per heavy atom. The lowest BCUT2D eigenvalue weighted by molar-refractivity contribution is 0.239. The molecule has 98 valence electrons. The van der Waals surface area contributed by atoms with Gasteiger partial charge in [-0.1, -0.05) is 6.42 Å². The minimum absolute atomic E-state index is 0.485. The van der Waals surface area contributed by atoms with E-state index in [1.54, 1.807) is 0 Å². The number of nitrogens with zero attached hydrogens (tertiary/aromatic N) is 3. The summed E-state index contributed by atoms with van der Waals surface area (Å²) in [6.07, 6.45) is 8.26. The van der Waals surface area contributed by atoms with Crippen LogP contribution >= 0.6 is 11.6 Å². The van der Waals surface area contributed by atoms with Gasteiger partial charge < -0.3 is 0 Å². The molecule has 1 aromatic heterocycles. The summed E-state index contributed by atoms with van der Waals surface area (Å²) in [6.45, 7) is 2.33. The topological polar surface area (TPSA) is 30.7 Å². The smallest absolute Gasteiger partial charge is 0.225 e. The quantitative estimate of drug-likeness (QED) is 0.832. The van der Waals surface area contributed by atoms with Crippen molar-refractivity contribution in [2.75, 3.05) is 0 Å². The Morgan fingerprint density at radius 3 is 2.61 bits per heavy atom. The summed E-state index contributed by atoms with van der Waals surface area (Å²) in [7, 11) is 0. The second kappa shape index (κ2) is 3.96. The molecule has 2 bridgehead atoms. The zero-order valence-electron chi connectivity index (χ0n) is 10.8. The highest BCUT2D eigenvalue weighted by Crippen LogP contribution is 2.53. The van der Waals surface area contributed by atoms with Crippen molar-refractivity contribution in [3.05, 3.63) is 11.1 Å². The Hall–Kier alpha value is -0.570. The van der Waals surface area contributed by atoms with Gasteiger partial charge in [-0.25, -0.2) is 0 Å². The summed E-state index contributed by atoms with van der Waals surface area (Å²) >= 11 is 6.28. The van der Waals surface area contributed by atoms with Gasteiger partial charge in [0.15, 0.2) is 0 Å². The van der Waals surface area contributed by atoms with E-state index < -0.39 is 0 Å². The maximum Gasteiger partial charge on any atom is 0.225 e. The maximum absolute atomic E-state index is 6.28. The van der Waals surface area contributed by atoms with Crippen LogP contribution in [0.5, 0.6) is 0 Å². The van der Waals surface area contributed by atoms with Crippen LogP contribution in [0.15, 0.2) is 0 Å². The minimum Gasteiger partial charge on any atom is -0.298 e. The van der Waals surface area contributed by atoms with Gasteiger partial charge in [0, 0.05) is 12.0 Å². The lowest BCUT2D eigenvalue weighted by atomic mass is 9.84. The second-order valence-electron chi connectivity index (χ2n) is 6.55. The fraction of sp³-hybridized carbons (Fsp3) is 0.857. The lowest BCUT2D eigenvalue weighted by Gasteiger charge is -2.29. The van der Waals surface area contributed by atoms with Crippen LogP contribution in [0.2, 0.25) is 5.28 Å². The molecule has 4 rings (SSSR count). The molecular formula is C14H20ClN3. The van der Waals surface area contributed by atoms with Crippen molar-refractivity contribution in [2.45, 2.75) is 57.4 Å². The second-order valence-corrected chi connectivity index (χ2v) is 6.89. The molecule has 0 radical (unpaired) electrons. The van der Waals surface area contributed by atoms with Gasteiger partial charge in [0.1, 0.15) is 5.82 Å². The molecule has 0 amide bonds. The van der Waals surface area contributed by atoms with Gasteiger partial charge in [-0.2, -0.15) is 0 Å². The fourth-order valence-electron chi connectivity index (χ4n) is 4.36. The standard InChI is InChI=1S/C14H20ClN3/c1-8(12-7-9-2-3-11(12)6-9)18-13(10-4-5-10)16-17-14(18)15/h8-12H,2-7H2,1H3. The average molecular weight is 266 g/mol. The molecule has 3 aliphatic rings. The first kappa shape index (κ1) is 11.3. The van der Waals surface area contributed by atoms with Crippen LogP contribution in [0.4, 0.5) is 0 Å². The van der Waals surface area contributed by atoms with Gasteiger partial charge in [-0.05, 0) is 68.4 Å². The van der Waals surface area contributed by atoms with Crippen molar-refractivity contribution in [1.29, 1.82) is 0 Å². The fourth-order valence-corrected chi connectivity index (χ4v) is 4.63. The van der Waals surface area contributed by atoms with E-state index in [1.807, 2.05) is 0 Å². The Morgan fingerprint density at radius 1 is 1.17 bits per heavy atom. The minimum atomic E-state index is 0.485. The Kier molecular flexibility index (Phi) is 2.48. The van der Waals surface area contributed by atoms with Crippen molar-refractivity contribution in [2.24, 2.45) is 17.8 Å². The summed E-state index contributed by atoms with van der Waals surface area (Å²) < 4.78 is 2.24. The van der Waals surface area contributed by atoms with Crippen LogP contribution in [0.1, 0.15) is 63.2 Å². The van der Waals surface area contributed by atoms with Crippen LogP contribution in [-0.2, 0) is 0 Å². The van der Waals surface area contributed by atoms with E-state index in [4.69, 9.17) is 11.6 Å². The molecule has 0 N–H and O–H groups in total. The molecule has 0 saturated heterocycles. The molecular weight excluding hydrogens is 246 g/mol. The normalized spacial score (nSPS) is 36.2. The highest BCUT2D eigenvalue weighted by Gasteiger charge is 2.44. The van der Waals surface area contributed by atoms with Crippen molar-refractivity contribution in [3.8, 4) is 0 Å². The van der Waals surface area contributed by atoms with Crippen LogP contribution in [0.25, 0.3) is 0 Å². The third kappa shape index (κ3) is 1.63. The molecule has 3 fully saturated rings. The van der Waals surface area contributed by atoms with Gasteiger partial charge in [-0.15, -0.1) is 10.2 Å². The summed E-state index contributed by atoms with van der Waals surface area (Å²) in [4.78, 5) is 0. The maximum atomic E-state index is 6.28. The number of hydrogen-bond acceptors (Lipinski definition) is 2. The van der Waals surface area contributed by atoms with E-state index >= 15 is 0 Å². The molecule has 0 aromatic carbocycles. The van der Waals surface area contributed by atoms with Crippen molar-refractivity contribution < 1.29 is 0 Å². The summed E-state index contributed by atoms with van der Waals surface area (Å²) in [5.74, 6) is 4.49. The van der Waals surface area contributed by atoms with E-state index in [1.165, 1.54) is 38.5 Å². The third-order valence-electron chi connectivity index (χ3n) is 5.44. The van der Waals surface area contributed by atoms with Gasteiger partial charge >= 0.3 is 0 Å². The molecule has 18 heavy (non-hydrogen) atoms. The Bertz CT molecular complexity index is 466. The van der Waals surface area contributed by atoms with Gasteiger partial charge in [0.05, 0.1) is 0 Å². The highest BCUT2D eigenvalue weighted by atomic mass is 35.5. The van der Waals surface area contributed by atoms with Gasteiger partial charge in [0.25, 0.3) is 0 Å². The van der Waals surface area contributed by atoms with E-state index in [2.05, 4.69) is 21.7 Å². The van der Waals surface area contributed by atoms with Crippen LogP contribution in [0.3, 0.4) is 0 Å². The van der Waals surface area contributed by atoms with Crippen molar-refractivity contribution >= 4 is 11.6 Å². The SMILES string of the molecule is CC(C1CC2CCC1C2)n1c(Cl)nnc1C1CC1. The van der Waals surface area contributed by atoms with Crippen molar-refractivity contribution in [1.82, 2.24) is 14.8 Å². The molecule has 4 unspecified atom stereocenters. The van der Waals surface area contributed by atoms with Crippen LogP contribution in [-0.4, -0.2) is 14.8 Å². The molecule has 0 aliphatic heterocycles. The lowest BCUT2D eigenvalue weighted by Crippen LogP contribution is -2.23. The zero-order valence-corrected chi connectivity index (χ0v) is 11.6. The third-order valence-corrected chi connectivity index (χ3v) is 5.70. The first-order valence-corrected chi connectivity index (χ1v) is 7.72. The van der Waals surface area contributed by atoms with Crippen molar-refractivity contribution in [3.63, 3.8) is 0 Å².